The summed E-state index contributed by atoms with van der Waals surface area (Å²) in [5, 5.41) is 3.84. The van der Waals surface area contributed by atoms with Gasteiger partial charge >= 0.3 is 0 Å². The Labute approximate surface area is 208 Å². The Morgan fingerprint density at radius 2 is 1.71 bits per heavy atom. The summed E-state index contributed by atoms with van der Waals surface area (Å²) in [4.78, 5) is 14.4. The fraction of sp³-hybridized carbons (Fsp3) is 0.208. The van der Waals surface area contributed by atoms with Gasteiger partial charge in [0, 0.05) is 54.2 Å². The van der Waals surface area contributed by atoms with E-state index in [9.17, 15) is 13.2 Å². The van der Waals surface area contributed by atoms with Crippen LogP contribution in [0, 0.1) is 0 Å². The van der Waals surface area contributed by atoms with Crippen LogP contribution < -0.4 is 10.2 Å². The van der Waals surface area contributed by atoms with Gasteiger partial charge in [-0.15, -0.1) is 0 Å². The number of rotatable bonds is 6. The van der Waals surface area contributed by atoms with Gasteiger partial charge in [0.25, 0.3) is 0 Å². The molecule has 1 saturated heterocycles. The third kappa shape index (κ3) is 6.01. The second kappa shape index (κ2) is 10.2. The first kappa shape index (κ1) is 24.3. The van der Waals surface area contributed by atoms with Gasteiger partial charge in [0.2, 0.25) is 15.9 Å². The van der Waals surface area contributed by atoms with E-state index in [0.29, 0.717) is 59.0 Å². The monoisotopic (exact) mass is 519 g/mol. The average molecular weight is 520 g/mol. The minimum atomic E-state index is -3.16. The van der Waals surface area contributed by atoms with Crippen molar-refractivity contribution in [2.45, 2.75) is 0 Å². The van der Waals surface area contributed by atoms with Gasteiger partial charge in [-0.2, -0.15) is 4.31 Å². The fourth-order valence-corrected chi connectivity index (χ4v) is 4.98. The molecule has 7 nitrogen and oxygen atoms in total. The highest BCUT2D eigenvalue weighted by atomic mass is 35.5. The predicted molar refractivity (Wildman–Crippen MR) is 137 cm³/mol. The molecule has 34 heavy (non-hydrogen) atoms. The minimum absolute atomic E-state index is 0.294. The molecule has 0 bridgehead atoms. The zero-order chi connectivity index (χ0) is 24.3. The molecule has 0 aliphatic carbocycles. The molecule has 1 N–H and O–H groups in total. The number of furan rings is 1. The van der Waals surface area contributed by atoms with Crippen molar-refractivity contribution < 1.29 is 17.6 Å². The van der Waals surface area contributed by atoms with Crippen LogP contribution >= 0.6 is 23.2 Å². The molecular formula is C24H23Cl2N3O4S. The van der Waals surface area contributed by atoms with Gasteiger partial charge in [-0.25, -0.2) is 8.42 Å². The number of nitrogens with zero attached hydrogens (tertiary/aromatic N) is 2. The molecule has 1 aromatic heterocycles. The normalized spacial score (nSPS) is 15.1. The highest BCUT2D eigenvalue weighted by molar-refractivity contribution is 7.88. The van der Waals surface area contributed by atoms with Crippen LogP contribution in [0.15, 0.2) is 65.1 Å². The molecule has 0 saturated carbocycles. The van der Waals surface area contributed by atoms with Crippen molar-refractivity contribution in [1.29, 1.82) is 0 Å². The summed E-state index contributed by atoms with van der Waals surface area (Å²) in [5.41, 5.74) is 2.35. The highest BCUT2D eigenvalue weighted by Crippen LogP contribution is 2.31. The zero-order valence-electron chi connectivity index (χ0n) is 18.4. The molecule has 0 radical (unpaired) electrons. The Morgan fingerprint density at radius 1 is 1.00 bits per heavy atom. The Bertz CT molecular complexity index is 1310. The van der Waals surface area contributed by atoms with Crippen LogP contribution in [0.25, 0.3) is 17.4 Å². The van der Waals surface area contributed by atoms with Crippen molar-refractivity contribution >= 4 is 56.6 Å². The summed E-state index contributed by atoms with van der Waals surface area (Å²) in [6.45, 7) is 2.16. The number of sulfonamides is 1. The molecule has 1 fully saturated rings. The topological polar surface area (TPSA) is 82.9 Å². The lowest BCUT2D eigenvalue weighted by Crippen LogP contribution is -2.48. The number of hydrogen-bond donors (Lipinski definition) is 1. The van der Waals surface area contributed by atoms with Gasteiger partial charge in [0.05, 0.1) is 11.3 Å². The van der Waals surface area contributed by atoms with Crippen LogP contribution in [-0.2, 0) is 14.8 Å². The van der Waals surface area contributed by atoms with E-state index < -0.39 is 10.0 Å². The predicted octanol–water partition coefficient (Wildman–Crippen LogP) is 4.99. The maximum Gasteiger partial charge on any atom is 0.248 e. The number of amides is 1. The number of benzene rings is 2. The summed E-state index contributed by atoms with van der Waals surface area (Å²) < 4.78 is 30.6. The number of carbonyl (C=O) groups excluding carboxylic acids is 1. The second-order valence-corrected chi connectivity index (χ2v) is 10.7. The van der Waals surface area contributed by atoms with Gasteiger partial charge in [-0.3, -0.25) is 4.79 Å². The molecule has 3 aromatic rings. The maximum atomic E-state index is 12.3. The molecule has 1 aliphatic heterocycles. The molecule has 10 heteroatoms. The summed E-state index contributed by atoms with van der Waals surface area (Å²) in [6, 6.07) is 16.1. The van der Waals surface area contributed by atoms with Crippen LogP contribution in [0.4, 0.5) is 11.4 Å². The molecule has 2 heterocycles. The van der Waals surface area contributed by atoms with E-state index in [0.717, 1.165) is 5.69 Å². The third-order valence-corrected chi connectivity index (χ3v) is 7.28. The van der Waals surface area contributed by atoms with Gasteiger partial charge in [-0.1, -0.05) is 23.2 Å². The minimum Gasteiger partial charge on any atom is -0.457 e. The first-order chi connectivity index (χ1) is 16.2. The van der Waals surface area contributed by atoms with E-state index in [4.69, 9.17) is 27.6 Å². The number of hydrogen-bond acceptors (Lipinski definition) is 5. The van der Waals surface area contributed by atoms with Crippen molar-refractivity contribution in [3.8, 4) is 11.3 Å². The lowest BCUT2D eigenvalue weighted by molar-refractivity contribution is -0.111. The first-order valence-corrected chi connectivity index (χ1v) is 13.1. The van der Waals surface area contributed by atoms with Crippen LogP contribution in [0.5, 0.6) is 0 Å². The van der Waals surface area contributed by atoms with Crippen molar-refractivity contribution in [1.82, 2.24) is 4.31 Å². The van der Waals surface area contributed by atoms with Crippen molar-refractivity contribution in [3.63, 3.8) is 0 Å². The third-order valence-electron chi connectivity index (χ3n) is 5.43. The number of halogens is 2. The molecule has 0 atom stereocenters. The summed E-state index contributed by atoms with van der Waals surface area (Å²) in [7, 11) is -3.16. The summed E-state index contributed by atoms with van der Waals surface area (Å²) in [5.74, 6) is 0.798. The van der Waals surface area contributed by atoms with Crippen molar-refractivity contribution in [3.05, 3.63) is 76.5 Å². The fourth-order valence-electron chi connectivity index (χ4n) is 3.65. The SMILES string of the molecule is CS(=O)(=O)N1CCN(c2ccc(NC(=O)/C=C/c3ccc(-c4ccc(Cl)cc4Cl)o3)cc2)CC1. The molecule has 0 spiro atoms. The molecule has 2 aromatic carbocycles. The summed E-state index contributed by atoms with van der Waals surface area (Å²) in [6.07, 6.45) is 4.21. The van der Waals surface area contributed by atoms with Gasteiger partial charge < -0.3 is 14.6 Å². The molecule has 1 aliphatic rings. The quantitative estimate of drug-likeness (QED) is 0.464. The van der Waals surface area contributed by atoms with Gasteiger partial charge in [-0.05, 0) is 60.7 Å². The van der Waals surface area contributed by atoms with E-state index in [1.165, 1.54) is 16.6 Å². The maximum absolute atomic E-state index is 12.3. The van der Waals surface area contributed by atoms with Gasteiger partial charge in [0.15, 0.2) is 0 Å². The molecular weight excluding hydrogens is 497 g/mol. The standard InChI is InChI=1S/C24H23Cl2N3O4S/c1-34(31,32)29-14-12-28(13-15-29)19-5-3-18(4-6-19)27-24(30)11-8-20-7-10-23(33-20)21-9-2-17(25)16-22(21)26/h2-11,16H,12-15H2,1H3,(H,27,30)/b11-8+. The number of anilines is 2. The van der Waals surface area contributed by atoms with E-state index in [2.05, 4.69) is 10.2 Å². The Balaban J connectivity index is 1.33. The molecule has 4 rings (SSSR count). The first-order valence-electron chi connectivity index (χ1n) is 10.5. The molecule has 0 unspecified atom stereocenters. The molecule has 1 amide bonds. The second-order valence-electron chi connectivity index (χ2n) is 7.84. The largest absolute Gasteiger partial charge is 0.457 e. The van der Waals surface area contributed by atoms with E-state index in [-0.39, 0.29) is 5.91 Å². The Morgan fingerprint density at radius 3 is 2.35 bits per heavy atom. The van der Waals surface area contributed by atoms with Crippen LogP contribution in [0.2, 0.25) is 10.0 Å². The number of carbonyl (C=O) groups is 1. The Kier molecular flexibility index (Phi) is 7.33. The number of nitrogens with one attached hydrogen (secondary N) is 1. The lowest BCUT2D eigenvalue weighted by Gasteiger charge is -2.34. The lowest BCUT2D eigenvalue weighted by atomic mass is 10.2. The van der Waals surface area contributed by atoms with E-state index in [1.807, 2.05) is 24.3 Å². The van der Waals surface area contributed by atoms with Gasteiger partial charge in [0.1, 0.15) is 11.5 Å². The highest BCUT2D eigenvalue weighted by Gasteiger charge is 2.23. The van der Waals surface area contributed by atoms with Crippen LogP contribution in [-0.4, -0.2) is 51.1 Å². The van der Waals surface area contributed by atoms with Crippen LogP contribution in [0.3, 0.4) is 0 Å². The van der Waals surface area contributed by atoms with Crippen molar-refractivity contribution in [2.24, 2.45) is 0 Å². The molecule has 178 valence electrons. The van der Waals surface area contributed by atoms with Crippen molar-refractivity contribution in [2.75, 3.05) is 42.7 Å². The zero-order valence-corrected chi connectivity index (χ0v) is 20.7. The van der Waals surface area contributed by atoms with Crippen LogP contribution in [0.1, 0.15) is 5.76 Å². The number of piperazine rings is 1. The summed E-state index contributed by atoms with van der Waals surface area (Å²) >= 11 is 12.2. The average Bonchev–Trinajstić information content (AvgIpc) is 3.26. The Hall–Kier alpha value is -2.78. The van der Waals surface area contributed by atoms with E-state index in [1.54, 1.807) is 36.4 Å². The smallest absolute Gasteiger partial charge is 0.248 e. The van der Waals surface area contributed by atoms with E-state index >= 15 is 0 Å².